The first-order chi connectivity index (χ1) is 13.0. The average molecular weight is 417 g/mol. The Morgan fingerprint density at radius 2 is 1.75 bits per heavy atom. The molecule has 13 heteroatoms. The van der Waals surface area contributed by atoms with Gasteiger partial charge >= 0.3 is 6.18 Å². The number of nitro benzene ring substituents is 2. The molecule has 1 N–H and O–H groups in total. The van der Waals surface area contributed by atoms with Crippen LogP contribution in [-0.4, -0.2) is 25.7 Å². The van der Waals surface area contributed by atoms with Gasteiger partial charge in [0, 0.05) is 11.8 Å². The molecule has 2 rings (SSSR count). The Morgan fingerprint density at radius 1 is 1.07 bits per heavy atom. The third-order valence-electron chi connectivity index (χ3n) is 3.33. The van der Waals surface area contributed by atoms with Crippen LogP contribution in [-0.2, 0) is 21.8 Å². The highest BCUT2D eigenvalue weighted by Gasteiger charge is 2.30. The molecule has 9 nitrogen and oxygen atoms in total. The summed E-state index contributed by atoms with van der Waals surface area (Å²) < 4.78 is 50.3. The molecule has 0 aliphatic heterocycles. The molecule has 1 amide bonds. The van der Waals surface area contributed by atoms with Crippen LogP contribution in [0.25, 0.3) is 0 Å². The molecule has 0 aromatic heterocycles. The number of carbonyl (C=O) groups excluding carboxylic acids is 1. The standard InChI is InChI=1S/C15H10F3N3O6S/c16-15(17,18)9-2-1-3-10(6-9)19-14(22)8-28(27)13-5-4-11(20(23)24)7-12(13)21(25)26/h1-7H,8H2,(H,19,22). The van der Waals surface area contributed by atoms with E-state index in [9.17, 15) is 42.4 Å². The number of rotatable bonds is 6. The lowest BCUT2D eigenvalue weighted by Crippen LogP contribution is -2.20. The van der Waals surface area contributed by atoms with E-state index in [1.165, 1.54) is 6.07 Å². The molecule has 28 heavy (non-hydrogen) atoms. The third kappa shape index (κ3) is 5.09. The van der Waals surface area contributed by atoms with Crippen LogP contribution < -0.4 is 5.32 Å². The number of hydrogen-bond donors (Lipinski definition) is 1. The topological polar surface area (TPSA) is 132 Å². The van der Waals surface area contributed by atoms with Gasteiger partial charge in [0.2, 0.25) is 5.91 Å². The van der Waals surface area contributed by atoms with E-state index in [-0.39, 0.29) is 5.69 Å². The smallest absolute Gasteiger partial charge is 0.325 e. The van der Waals surface area contributed by atoms with Gasteiger partial charge in [-0.3, -0.25) is 29.2 Å². The average Bonchev–Trinajstić information content (AvgIpc) is 2.60. The molecule has 0 saturated heterocycles. The minimum absolute atomic E-state index is 0.199. The Hall–Kier alpha value is -3.35. The minimum atomic E-state index is -4.62. The van der Waals surface area contributed by atoms with Crippen molar-refractivity contribution in [2.45, 2.75) is 11.1 Å². The zero-order valence-electron chi connectivity index (χ0n) is 13.6. The molecular formula is C15H10F3N3O6S. The van der Waals surface area contributed by atoms with Crippen LogP contribution in [0.2, 0.25) is 0 Å². The largest absolute Gasteiger partial charge is 0.416 e. The van der Waals surface area contributed by atoms with Crippen molar-refractivity contribution in [1.82, 2.24) is 0 Å². The fraction of sp³-hybridized carbons (Fsp3) is 0.133. The number of non-ortho nitro benzene ring substituents is 1. The first kappa shape index (κ1) is 21.0. The molecule has 1 atom stereocenters. The molecule has 0 radical (unpaired) electrons. The number of nitrogens with zero attached hydrogens (tertiary/aromatic N) is 2. The number of alkyl halides is 3. The number of carbonyl (C=O) groups is 1. The van der Waals surface area contributed by atoms with Gasteiger partial charge in [0.1, 0.15) is 10.6 Å². The summed E-state index contributed by atoms with van der Waals surface area (Å²) in [5.41, 5.74) is -2.60. The lowest BCUT2D eigenvalue weighted by molar-refractivity contribution is -0.396. The SMILES string of the molecule is O=C(CS(=O)c1ccc([N+](=O)[O-])cc1[N+](=O)[O-])Nc1cccc(C(F)(F)F)c1. The molecule has 0 fully saturated rings. The normalized spacial score (nSPS) is 12.2. The predicted octanol–water partition coefficient (Wildman–Crippen LogP) is 3.27. The van der Waals surface area contributed by atoms with Gasteiger partial charge in [-0.1, -0.05) is 6.07 Å². The van der Waals surface area contributed by atoms with Crippen LogP contribution in [0.1, 0.15) is 5.56 Å². The Labute approximate surface area is 156 Å². The van der Waals surface area contributed by atoms with E-state index in [1.54, 1.807) is 0 Å². The third-order valence-corrected chi connectivity index (χ3v) is 4.69. The van der Waals surface area contributed by atoms with Crippen LogP contribution >= 0.6 is 0 Å². The number of benzene rings is 2. The quantitative estimate of drug-likeness (QED) is 0.567. The van der Waals surface area contributed by atoms with Crippen molar-refractivity contribution in [2.24, 2.45) is 0 Å². The highest BCUT2D eigenvalue weighted by atomic mass is 32.2. The lowest BCUT2D eigenvalue weighted by Gasteiger charge is -2.10. The Balaban J connectivity index is 2.18. The van der Waals surface area contributed by atoms with Crippen LogP contribution in [0.4, 0.5) is 30.2 Å². The Morgan fingerprint density at radius 3 is 2.32 bits per heavy atom. The Bertz CT molecular complexity index is 980. The van der Waals surface area contributed by atoms with E-state index >= 15 is 0 Å². The summed E-state index contributed by atoms with van der Waals surface area (Å²) in [4.78, 5) is 31.4. The maximum atomic E-state index is 12.7. The van der Waals surface area contributed by atoms with E-state index < -0.39 is 60.3 Å². The molecule has 0 aliphatic carbocycles. The van der Waals surface area contributed by atoms with Gasteiger partial charge in [-0.2, -0.15) is 13.2 Å². The van der Waals surface area contributed by atoms with E-state index in [4.69, 9.17) is 0 Å². The van der Waals surface area contributed by atoms with Crippen molar-refractivity contribution in [2.75, 3.05) is 11.1 Å². The highest BCUT2D eigenvalue weighted by Crippen LogP contribution is 2.31. The van der Waals surface area contributed by atoms with E-state index in [2.05, 4.69) is 5.32 Å². The number of halogens is 3. The van der Waals surface area contributed by atoms with Crippen molar-refractivity contribution in [3.63, 3.8) is 0 Å². The van der Waals surface area contributed by atoms with Gasteiger partial charge < -0.3 is 5.32 Å². The second kappa shape index (κ2) is 8.12. The summed E-state index contributed by atoms with van der Waals surface area (Å²) in [6.07, 6.45) is -4.62. The Kier molecular flexibility index (Phi) is 6.08. The van der Waals surface area contributed by atoms with Crippen molar-refractivity contribution in [3.05, 3.63) is 68.3 Å². The second-order valence-electron chi connectivity index (χ2n) is 5.28. The van der Waals surface area contributed by atoms with Gasteiger partial charge in [0.25, 0.3) is 11.4 Å². The molecule has 0 spiro atoms. The summed E-state index contributed by atoms with van der Waals surface area (Å²) in [5, 5.41) is 23.9. The molecule has 2 aromatic carbocycles. The summed E-state index contributed by atoms with van der Waals surface area (Å²) in [6, 6.07) is 6.12. The van der Waals surface area contributed by atoms with E-state index in [0.717, 1.165) is 24.3 Å². The summed E-state index contributed by atoms with van der Waals surface area (Å²) >= 11 is 0. The molecule has 0 heterocycles. The van der Waals surface area contributed by atoms with Crippen LogP contribution in [0.5, 0.6) is 0 Å². The maximum absolute atomic E-state index is 12.7. The molecule has 2 aromatic rings. The molecule has 1 unspecified atom stereocenters. The van der Waals surface area contributed by atoms with Gasteiger partial charge in [0.15, 0.2) is 0 Å². The zero-order chi connectivity index (χ0) is 21.1. The number of nitrogens with one attached hydrogen (secondary N) is 1. The summed E-state index contributed by atoms with van der Waals surface area (Å²) in [7, 11) is -2.26. The number of amides is 1. The van der Waals surface area contributed by atoms with Crippen molar-refractivity contribution >= 4 is 33.8 Å². The lowest BCUT2D eigenvalue weighted by atomic mass is 10.2. The van der Waals surface area contributed by atoms with Gasteiger partial charge in [0.05, 0.1) is 32.3 Å². The molecule has 0 bridgehead atoms. The molecular weight excluding hydrogens is 407 g/mol. The fourth-order valence-corrected chi connectivity index (χ4v) is 3.17. The second-order valence-corrected chi connectivity index (χ2v) is 6.70. The molecule has 148 valence electrons. The van der Waals surface area contributed by atoms with Crippen molar-refractivity contribution in [1.29, 1.82) is 0 Å². The van der Waals surface area contributed by atoms with E-state index in [1.807, 2.05) is 0 Å². The van der Waals surface area contributed by atoms with Crippen LogP contribution in [0.3, 0.4) is 0 Å². The zero-order valence-corrected chi connectivity index (χ0v) is 14.5. The fourth-order valence-electron chi connectivity index (χ4n) is 2.12. The van der Waals surface area contributed by atoms with E-state index in [0.29, 0.717) is 12.1 Å². The molecule has 0 aliphatic rings. The number of anilines is 1. The van der Waals surface area contributed by atoms with Gasteiger partial charge in [-0.15, -0.1) is 0 Å². The number of hydrogen-bond acceptors (Lipinski definition) is 6. The van der Waals surface area contributed by atoms with Crippen LogP contribution in [0.15, 0.2) is 47.4 Å². The van der Waals surface area contributed by atoms with Crippen LogP contribution in [0, 0.1) is 20.2 Å². The number of nitro groups is 2. The summed E-state index contributed by atoms with van der Waals surface area (Å²) in [5.74, 6) is -1.75. The first-order valence-corrected chi connectivity index (χ1v) is 8.59. The van der Waals surface area contributed by atoms with Gasteiger partial charge in [-0.05, 0) is 24.3 Å². The predicted molar refractivity (Wildman–Crippen MR) is 91.1 cm³/mol. The summed E-state index contributed by atoms with van der Waals surface area (Å²) in [6.45, 7) is 0. The highest BCUT2D eigenvalue weighted by molar-refractivity contribution is 7.86. The monoisotopic (exact) mass is 417 g/mol. The van der Waals surface area contributed by atoms with Crippen molar-refractivity contribution < 1.29 is 32.0 Å². The minimum Gasteiger partial charge on any atom is -0.325 e. The maximum Gasteiger partial charge on any atom is 0.416 e. The van der Waals surface area contributed by atoms with Gasteiger partial charge in [-0.25, -0.2) is 0 Å². The molecule has 0 saturated carbocycles. The first-order valence-electron chi connectivity index (χ1n) is 7.27. The van der Waals surface area contributed by atoms with Crippen molar-refractivity contribution in [3.8, 4) is 0 Å².